The highest BCUT2D eigenvalue weighted by Gasteiger charge is 2.10. The molecule has 0 aliphatic heterocycles. The normalized spacial score (nSPS) is 9.83. The molecule has 0 saturated heterocycles. The van der Waals surface area contributed by atoms with Crippen LogP contribution >= 0.6 is 34.8 Å². The predicted octanol–water partition coefficient (Wildman–Crippen LogP) is 3.20. The number of hydrogen-bond donors (Lipinski definition) is 2. The van der Waals surface area contributed by atoms with E-state index in [-0.39, 0.29) is 11.0 Å². The smallest absolute Gasteiger partial charge is 0.337 e. The molecule has 0 heterocycles. The number of rotatable bonds is 3. The average molecular weight is 440 g/mol. The first kappa shape index (κ1) is 17.4. The summed E-state index contributed by atoms with van der Waals surface area (Å²) in [5.74, 6) is -0.808. The van der Waals surface area contributed by atoms with Crippen LogP contribution < -0.4 is 10.6 Å². The zero-order valence-corrected chi connectivity index (χ0v) is 15.1. The summed E-state index contributed by atoms with van der Waals surface area (Å²) >= 11 is 7.32. The number of carbonyl (C=O) groups is 2. The van der Waals surface area contributed by atoms with Crippen molar-refractivity contribution in [3.05, 3.63) is 63.2 Å². The zero-order valence-electron chi connectivity index (χ0n) is 12.1. The van der Waals surface area contributed by atoms with Gasteiger partial charge in [-0.2, -0.15) is 0 Å². The maximum atomic E-state index is 12.1. The molecule has 5 nitrogen and oxygen atoms in total. The van der Waals surface area contributed by atoms with Crippen LogP contribution in [0.3, 0.4) is 0 Å². The number of amides is 1. The summed E-state index contributed by atoms with van der Waals surface area (Å²) in [4.78, 5) is 23.4. The van der Waals surface area contributed by atoms with Gasteiger partial charge in [0.25, 0.3) is 5.91 Å². The van der Waals surface area contributed by atoms with Gasteiger partial charge in [-0.05, 0) is 83.3 Å². The first-order valence-corrected chi connectivity index (χ1v) is 8.04. The molecule has 0 aliphatic rings. The van der Waals surface area contributed by atoms with Gasteiger partial charge in [0.1, 0.15) is 0 Å². The summed E-state index contributed by atoms with van der Waals surface area (Å²) in [6, 6.07) is 13.7. The van der Waals surface area contributed by atoms with Gasteiger partial charge < -0.3 is 10.1 Å². The van der Waals surface area contributed by atoms with Gasteiger partial charge in [0.2, 0.25) is 0 Å². The first-order valence-electron chi connectivity index (χ1n) is 6.56. The number of hydrogen-bond acceptors (Lipinski definition) is 4. The second kappa shape index (κ2) is 8.02. The number of anilines is 1. The molecule has 2 N–H and O–H groups in total. The third-order valence-electron chi connectivity index (χ3n) is 2.90. The molecule has 0 aromatic heterocycles. The van der Waals surface area contributed by atoms with Crippen molar-refractivity contribution in [2.24, 2.45) is 0 Å². The van der Waals surface area contributed by atoms with E-state index in [9.17, 15) is 9.59 Å². The molecule has 0 aliphatic carbocycles. The Hall–Kier alpha value is -2.00. The Labute approximate surface area is 152 Å². The van der Waals surface area contributed by atoms with Crippen molar-refractivity contribution in [2.45, 2.75) is 0 Å². The van der Waals surface area contributed by atoms with Crippen molar-refractivity contribution in [2.75, 3.05) is 12.4 Å². The lowest BCUT2D eigenvalue weighted by Crippen LogP contribution is -2.34. The maximum absolute atomic E-state index is 12.1. The van der Waals surface area contributed by atoms with Crippen LogP contribution in [0.4, 0.5) is 5.69 Å². The van der Waals surface area contributed by atoms with E-state index in [0.29, 0.717) is 11.1 Å². The molecule has 2 aromatic rings. The fourth-order valence-electron chi connectivity index (χ4n) is 1.75. The van der Waals surface area contributed by atoms with Crippen molar-refractivity contribution in [1.29, 1.82) is 0 Å². The van der Waals surface area contributed by atoms with Crippen LogP contribution in [-0.4, -0.2) is 24.1 Å². The van der Waals surface area contributed by atoms with E-state index in [1.54, 1.807) is 0 Å². The highest BCUT2D eigenvalue weighted by molar-refractivity contribution is 14.1. The predicted molar refractivity (Wildman–Crippen MR) is 101 cm³/mol. The molecule has 1 amide bonds. The van der Waals surface area contributed by atoms with Gasteiger partial charge in [0.05, 0.1) is 12.7 Å². The number of halogens is 1. The zero-order chi connectivity index (χ0) is 16.8. The molecule has 0 unspecified atom stereocenters. The van der Waals surface area contributed by atoms with Crippen LogP contribution in [0.1, 0.15) is 20.7 Å². The Bertz CT molecular complexity index is 730. The molecule has 0 fully saturated rings. The summed E-state index contributed by atoms with van der Waals surface area (Å²) in [5.41, 5.74) is 1.56. The summed E-state index contributed by atoms with van der Waals surface area (Å²) in [7, 11) is 1.30. The van der Waals surface area contributed by atoms with Crippen LogP contribution in [0.25, 0.3) is 0 Å². The van der Waals surface area contributed by atoms with E-state index in [4.69, 9.17) is 12.2 Å². The van der Waals surface area contributed by atoms with Crippen LogP contribution in [0.2, 0.25) is 0 Å². The Morgan fingerprint density at radius 3 is 2.13 bits per heavy atom. The maximum Gasteiger partial charge on any atom is 0.337 e. The molecular weight excluding hydrogens is 427 g/mol. The van der Waals surface area contributed by atoms with Crippen LogP contribution in [0.15, 0.2) is 48.5 Å². The molecule has 2 aromatic carbocycles. The van der Waals surface area contributed by atoms with Gasteiger partial charge in [-0.3, -0.25) is 10.1 Å². The third-order valence-corrected chi connectivity index (χ3v) is 3.82. The number of methoxy groups -OCH3 is 1. The number of nitrogens with one attached hydrogen (secondary N) is 2. The molecule has 23 heavy (non-hydrogen) atoms. The van der Waals surface area contributed by atoms with Crippen molar-refractivity contribution in [3.8, 4) is 0 Å². The third kappa shape index (κ3) is 5.00. The molecule has 2 rings (SSSR count). The van der Waals surface area contributed by atoms with E-state index in [2.05, 4.69) is 38.0 Å². The lowest BCUT2D eigenvalue weighted by atomic mass is 10.1. The van der Waals surface area contributed by atoms with E-state index in [0.717, 1.165) is 9.26 Å². The minimum absolute atomic E-state index is 0.202. The van der Waals surface area contributed by atoms with Gasteiger partial charge >= 0.3 is 5.97 Å². The van der Waals surface area contributed by atoms with Crippen LogP contribution in [0, 0.1) is 3.57 Å². The highest BCUT2D eigenvalue weighted by atomic mass is 127. The average Bonchev–Trinajstić information content (AvgIpc) is 2.56. The van der Waals surface area contributed by atoms with E-state index in [1.165, 1.54) is 31.4 Å². The summed E-state index contributed by atoms with van der Waals surface area (Å²) in [5, 5.41) is 5.72. The quantitative estimate of drug-likeness (QED) is 0.436. The molecule has 0 saturated carbocycles. The molecule has 0 atom stereocenters. The van der Waals surface area contributed by atoms with Gasteiger partial charge in [-0.25, -0.2) is 4.79 Å². The first-order chi connectivity index (χ1) is 11.0. The Morgan fingerprint density at radius 1 is 1.00 bits per heavy atom. The summed E-state index contributed by atoms with van der Waals surface area (Å²) < 4.78 is 5.71. The second-order valence-corrected chi connectivity index (χ2v) is 6.14. The molecular formula is C16H13IN2O3S. The number of thiocarbonyl (C=S) groups is 1. The van der Waals surface area contributed by atoms with Crippen molar-refractivity contribution in [3.63, 3.8) is 0 Å². The Balaban J connectivity index is 1.96. The molecule has 0 radical (unpaired) electrons. The minimum atomic E-state index is -0.451. The van der Waals surface area contributed by atoms with Crippen molar-refractivity contribution < 1.29 is 14.3 Å². The number of benzene rings is 2. The van der Waals surface area contributed by atoms with Crippen molar-refractivity contribution >= 4 is 57.5 Å². The fraction of sp³-hybridized carbons (Fsp3) is 0.0625. The second-order valence-electron chi connectivity index (χ2n) is 4.48. The van der Waals surface area contributed by atoms with E-state index in [1.807, 2.05) is 24.3 Å². The molecule has 7 heteroatoms. The van der Waals surface area contributed by atoms with Crippen LogP contribution in [-0.2, 0) is 4.74 Å². The number of esters is 1. The lowest BCUT2D eigenvalue weighted by Gasteiger charge is -2.10. The number of carbonyl (C=O) groups excluding carboxylic acids is 2. The number of ether oxygens (including phenoxy) is 1. The van der Waals surface area contributed by atoms with Gasteiger partial charge in [-0.1, -0.05) is 0 Å². The summed E-state index contributed by atoms with van der Waals surface area (Å²) in [6.07, 6.45) is 0. The van der Waals surface area contributed by atoms with Crippen molar-refractivity contribution in [1.82, 2.24) is 5.32 Å². The van der Waals surface area contributed by atoms with Crippen LogP contribution in [0.5, 0.6) is 0 Å². The Morgan fingerprint density at radius 2 is 1.57 bits per heavy atom. The van der Waals surface area contributed by atoms with E-state index < -0.39 is 5.97 Å². The minimum Gasteiger partial charge on any atom is -0.465 e. The summed E-state index contributed by atoms with van der Waals surface area (Å²) in [6.45, 7) is 0. The lowest BCUT2D eigenvalue weighted by molar-refractivity contribution is 0.0600. The molecule has 118 valence electrons. The highest BCUT2D eigenvalue weighted by Crippen LogP contribution is 2.11. The monoisotopic (exact) mass is 440 g/mol. The standard InChI is InChI=1S/C16H13IN2O3S/c1-22-15(21)11-4-2-10(3-5-11)14(20)19-16(23)18-13-8-6-12(17)7-9-13/h2-9H,1H3,(H2,18,19,20,23). The van der Waals surface area contributed by atoms with Gasteiger partial charge in [0, 0.05) is 14.8 Å². The topological polar surface area (TPSA) is 67.4 Å². The van der Waals surface area contributed by atoms with E-state index >= 15 is 0 Å². The molecule has 0 spiro atoms. The van der Waals surface area contributed by atoms with Gasteiger partial charge in [0.15, 0.2) is 5.11 Å². The van der Waals surface area contributed by atoms with Gasteiger partial charge in [-0.15, -0.1) is 0 Å². The largest absolute Gasteiger partial charge is 0.465 e. The fourth-order valence-corrected chi connectivity index (χ4v) is 2.32. The molecule has 0 bridgehead atoms. The SMILES string of the molecule is COC(=O)c1ccc(C(=O)NC(=S)Nc2ccc(I)cc2)cc1. The Kier molecular flexibility index (Phi) is 6.05.